The Morgan fingerprint density at radius 2 is 2.04 bits per heavy atom. The SMILES string of the molecule is CCCC(C)(NC(=O)c1cccc(S(=O)(=O)N2CCCCC2C)c1)C(=O)O. The van der Waals surface area contributed by atoms with Gasteiger partial charge in [0.1, 0.15) is 5.54 Å². The van der Waals surface area contributed by atoms with Gasteiger partial charge in [0.25, 0.3) is 5.91 Å². The van der Waals surface area contributed by atoms with Crippen LogP contribution in [0.5, 0.6) is 0 Å². The van der Waals surface area contributed by atoms with E-state index in [1.165, 1.54) is 35.5 Å². The summed E-state index contributed by atoms with van der Waals surface area (Å²) < 4.78 is 27.4. The van der Waals surface area contributed by atoms with E-state index in [-0.39, 0.29) is 22.9 Å². The number of nitrogens with one attached hydrogen (secondary N) is 1. The van der Waals surface area contributed by atoms with Crippen molar-refractivity contribution in [2.45, 2.75) is 69.4 Å². The van der Waals surface area contributed by atoms with E-state index in [0.29, 0.717) is 13.0 Å². The second-order valence-corrected chi connectivity index (χ2v) is 9.22. The lowest BCUT2D eigenvalue weighted by atomic mass is 9.96. The molecule has 8 heteroatoms. The number of hydrogen-bond donors (Lipinski definition) is 2. The molecular formula is C19H28N2O5S. The van der Waals surface area contributed by atoms with Crippen LogP contribution < -0.4 is 5.32 Å². The van der Waals surface area contributed by atoms with Gasteiger partial charge in [0, 0.05) is 18.2 Å². The number of carbonyl (C=O) groups excluding carboxylic acids is 1. The van der Waals surface area contributed by atoms with E-state index in [0.717, 1.165) is 19.3 Å². The topological polar surface area (TPSA) is 104 Å². The summed E-state index contributed by atoms with van der Waals surface area (Å²) in [6.07, 6.45) is 3.49. The van der Waals surface area contributed by atoms with Crippen LogP contribution in [0.3, 0.4) is 0 Å². The van der Waals surface area contributed by atoms with Crippen LogP contribution in [-0.4, -0.2) is 47.8 Å². The highest BCUT2D eigenvalue weighted by molar-refractivity contribution is 7.89. The summed E-state index contributed by atoms with van der Waals surface area (Å²) in [5, 5.41) is 12.0. The molecule has 0 spiro atoms. The molecule has 0 aromatic heterocycles. The molecule has 2 atom stereocenters. The fourth-order valence-corrected chi connectivity index (χ4v) is 5.15. The minimum atomic E-state index is -3.70. The predicted molar refractivity (Wildman–Crippen MR) is 102 cm³/mol. The molecule has 1 fully saturated rings. The van der Waals surface area contributed by atoms with Crippen molar-refractivity contribution < 1.29 is 23.1 Å². The Morgan fingerprint density at radius 3 is 2.63 bits per heavy atom. The second kappa shape index (κ2) is 8.39. The molecule has 1 aliphatic heterocycles. The summed E-state index contributed by atoms with van der Waals surface area (Å²) in [5.74, 6) is -1.72. The summed E-state index contributed by atoms with van der Waals surface area (Å²) in [5.41, 5.74) is -1.27. The van der Waals surface area contributed by atoms with Gasteiger partial charge in [0.05, 0.1) is 4.90 Å². The van der Waals surface area contributed by atoms with Crippen molar-refractivity contribution in [3.8, 4) is 0 Å². The van der Waals surface area contributed by atoms with E-state index in [9.17, 15) is 23.1 Å². The average Bonchev–Trinajstić information content (AvgIpc) is 2.62. The van der Waals surface area contributed by atoms with Gasteiger partial charge in [-0.25, -0.2) is 13.2 Å². The molecule has 2 unspecified atom stereocenters. The van der Waals surface area contributed by atoms with Gasteiger partial charge in [-0.3, -0.25) is 4.79 Å². The van der Waals surface area contributed by atoms with E-state index in [2.05, 4.69) is 5.32 Å². The molecule has 1 heterocycles. The monoisotopic (exact) mass is 396 g/mol. The van der Waals surface area contributed by atoms with E-state index in [1.54, 1.807) is 0 Å². The maximum atomic E-state index is 13.0. The van der Waals surface area contributed by atoms with Crippen LogP contribution >= 0.6 is 0 Å². The Morgan fingerprint density at radius 1 is 1.33 bits per heavy atom. The first-order valence-electron chi connectivity index (χ1n) is 9.29. The maximum Gasteiger partial charge on any atom is 0.329 e. The van der Waals surface area contributed by atoms with Crippen molar-refractivity contribution in [2.75, 3.05) is 6.54 Å². The number of hydrogen-bond acceptors (Lipinski definition) is 4. The lowest BCUT2D eigenvalue weighted by Gasteiger charge is -2.32. The third kappa shape index (κ3) is 4.68. The van der Waals surface area contributed by atoms with Crippen LogP contribution in [-0.2, 0) is 14.8 Å². The van der Waals surface area contributed by atoms with Crippen molar-refractivity contribution in [3.63, 3.8) is 0 Å². The highest BCUT2D eigenvalue weighted by Gasteiger charge is 2.35. The molecule has 0 radical (unpaired) electrons. The van der Waals surface area contributed by atoms with Gasteiger partial charge < -0.3 is 10.4 Å². The first-order valence-corrected chi connectivity index (χ1v) is 10.7. The molecule has 1 aromatic carbocycles. The first kappa shape index (κ1) is 21.4. The largest absolute Gasteiger partial charge is 0.480 e. The zero-order chi connectivity index (χ0) is 20.2. The Labute approximate surface area is 160 Å². The summed E-state index contributed by atoms with van der Waals surface area (Å²) in [6, 6.07) is 5.70. The molecule has 7 nitrogen and oxygen atoms in total. The van der Waals surface area contributed by atoms with Crippen LogP contribution in [0.4, 0.5) is 0 Å². The second-order valence-electron chi connectivity index (χ2n) is 7.33. The van der Waals surface area contributed by atoms with Gasteiger partial charge in [-0.2, -0.15) is 4.31 Å². The predicted octanol–water partition coefficient (Wildman–Crippen LogP) is 2.62. The number of benzene rings is 1. The number of piperidine rings is 1. The number of sulfonamides is 1. The molecule has 1 aromatic rings. The van der Waals surface area contributed by atoms with E-state index < -0.39 is 27.4 Å². The third-order valence-corrected chi connectivity index (χ3v) is 7.07. The van der Waals surface area contributed by atoms with Crippen molar-refractivity contribution >= 4 is 21.9 Å². The van der Waals surface area contributed by atoms with Crippen LogP contribution in [0.15, 0.2) is 29.2 Å². The van der Waals surface area contributed by atoms with Crippen molar-refractivity contribution in [3.05, 3.63) is 29.8 Å². The summed E-state index contributed by atoms with van der Waals surface area (Å²) >= 11 is 0. The van der Waals surface area contributed by atoms with E-state index in [4.69, 9.17) is 0 Å². The lowest BCUT2D eigenvalue weighted by Crippen LogP contribution is -2.52. The van der Waals surface area contributed by atoms with E-state index >= 15 is 0 Å². The molecule has 2 N–H and O–H groups in total. The average molecular weight is 397 g/mol. The van der Waals surface area contributed by atoms with Gasteiger partial charge in [-0.05, 0) is 51.3 Å². The van der Waals surface area contributed by atoms with Crippen molar-refractivity contribution in [2.24, 2.45) is 0 Å². The highest BCUT2D eigenvalue weighted by Crippen LogP contribution is 2.25. The Bertz CT molecular complexity index is 808. The van der Waals surface area contributed by atoms with Gasteiger partial charge in [0.2, 0.25) is 10.0 Å². The van der Waals surface area contributed by atoms with Gasteiger partial charge >= 0.3 is 5.97 Å². The quantitative estimate of drug-likeness (QED) is 0.737. The Kier molecular flexibility index (Phi) is 6.64. The molecule has 0 aliphatic carbocycles. The molecular weight excluding hydrogens is 368 g/mol. The smallest absolute Gasteiger partial charge is 0.329 e. The minimum absolute atomic E-state index is 0.0522. The molecule has 150 valence electrons. The van der Waals surface area contributed by atoms with E-state index in [1.807, 2.05) is 13.8 Å². The Hall–Kier alpha value is -1.93. The minimum Gasteiger partial charge on any atom is -0.480 e. The first-order chi connectivity index (χ1) is 12.6. The maximum absolute atomic E-state index is 13.0. The Balaban J connectivity index is 2.29. The fraction of sp³-hybridized carbons (Fsp3) is 0.579. The number of nitrogens with zero attached hydrogens (tertiary/aromatic N) is 1. The normalized spacial score (nSPS) is 20.6. The summed E-state index contributed by atoms with van der Waals surface area (Å²) in [6.45, 7) is 5.64. The molecule has 2 rings (SSSR count). The van der Waals surface area contributed by atoms with Crippen molar-refractivity contribution in [1.29, 1.82) is 0 Å². The number of carbonyl (C=O) groups is 2. The molecule has 1 aliphatic rings. The molecule has 0 bridgehead atoms. The molecule has 27 heavy (non-hydrogen) atoms. The lowest BCUT2D eigenvalue weighted by molar-refractivity contribution is -0.144. The third-order valence-electron chi connectivity index (χ3n) is 5.06. The standard InChI is InChI=1S/C19H28N2O5S/c1-4-11-19(3,18(23)24)20-17(22)15-9-7-10-16(13-15)27(25,26)21-12-6-5-8-14(21)2/h7,9-10,13-14H,4-6,8,11-12H2,1-3H3,(H,20,22)(H,23,24). The summed E-state index contributed by atoms with van der Waals surface area (Å²) in [7, 11) is -3.70. The van der Waals surface area contributed by atoms with Crippen molar-refractivity contribution in [1.82, 2.24) is 9.62 Å². The van der Waals surface area contributed by atoms with Crippen LogP contribution in [0, 0.1) is 0 Å². The van der Waals surface area contributed by atoms with Crippen LogP contribution in [0.2, 0.25) is 0 Å². The molecule has 1 amide bonds. The van der Waals surface area contributed by atoms with Gasteiger partial charge in [-0.1, -0.05) is 25.8 Å². The summed E-state index contributed by atoms with van der Waals surface area (Å²) in [4.78, 5) is 24.2. The van der Waals surface area contributed by atoms with Gasteiger partial charge in [0.15, 0.2) is 0 Å². The number of aliphatic carboxylic acids is 1. The number of carboxylic acids is 1. The molecule has 0 saturated carbocycles. The zero-order valence-corrected chi connectivity index (χ0v) is 16.9. The zero-order valence-electron chi connectivity index (χ0n) is 16.1. The number of carboxylic acid groups (broad SMARTS) is 1. The number of amides is 1. The van der Waals surface area contributed by atoms with Gasteiger partial charge in [-0.15, -0.1) is 0 Å². The fourth-order valence-electron chi connectivity index (χ4n) is 3.41. The van der Waals surface area contributed by atoms with Crippen LogP contribution in [0.25, 0.3) is 0 Å². The molecule has 1 saturated heterocycles. The number of rotatable bonds is 7. The van der Waals surface area contributed by atoms with Crippen LogP contribution in [0.1, 0.15) is 63.2 Å². The highest BCUT2D eigenvalue weighted by atomic mass is 32.2.